The topological polar surface area (TPSA) is 54.5 Å². The Bertz CT molecular complexity index is 511. The summed E-state index contributed by atoms with van der Waals surface area (Å²) in [6, 6.07) is 0.648. The fourth-order valence-electron chi connectivity index (χ4n) is 1.76. The van der Waals surface area contributed by atoms with Crippen LogP contribution in [0.5, 0.6) is 0 Å². The number of likely N-dealkylation sites (tertiary alicyclic amines) is 1. The average molecular weight is 285 g/mol. The van der Waals surface area contributed by atoms with Gasteiger partial charge in [-0.1, -0.05) is 0 Å². The molecule has 1 amide bonds. The predicted octanol–water partition coefficient (Wildman–Crippen LogP) is 2.39. The number of carbonyl (C=O) groups is 1. The van der Waals surface area contributed by atoms with Gasteiger partial charge in [0.05, 0.1) is 12.2 Å². The van der Waals surface area contributed by atoms with Gasteiger partial charge in [-0.05, 0) is 20.8 Å². The standard InChI is InChI=1S/C13H17F2N3O2/c1-13(2,3)20-12(19)18-6-9(7-18)17-11-10(15)4-8(14)5-16-11/h4-5,9H,6-7H2,1-3H3,(H,16,17). The molecule has 0 saturated carbocycles. The minimum absolute atomic E-state index is 0.0137. The first kappa shape index (κ1) is 14.5. The molecule has 0 unspecified atom stereocenters. The van der Waals surface area contributed by atoms with Crippen LogP contribution in [0.2, 0.25) is 0 Å². The number of ether oxygens (including phenoxy) is 1. The third-order valence-electron chi connectivity index (χ3n) is 2.68. The number of anilines is 1. The Morgan fingerprint density at radius 3 is 2.65 bits per heavy atom. The lowest BCUT2D eigenvalue weighted by molar-refractivity contribution is 0.0104. The second-order valence-corrected chi connectivity index (χ2v) is 5.71. The lowest BCUT2D eigenvalue weighted by Gasteiger charge is -2.40. The maximum absolute atomic E-state index is 13.4. The molecule has 110 valence electrons. The Balaban J connectivity index is 1.83. The Morgan fingerprint density at radius 1 is 1.45 bits per heavy atom. The fourth-order valence-corrected chi connectivity index (χ4v) is 1.76. The molecule has 0 aromatic carbocycles. The smallest absolute Gasteiger partial charge is 0.410 e. The molecule has 0 aliphatic carbocycles. The van der Waals surface area contributed by atoms with Crippen molar-refractivity contribution in [3.05, 3.63) is 23.9 Å². The molecule has 2 heterocycles. The van der Waals surface area contributed by atoms with Gasteiger partial charge in [0.25, 0.3) is 0 Å². The van der Waals surface area contributed by atoms with Gasteiger partial charge in [0.1, 0.15) is 11.4 Å². The van der Waals surface area contributed by atoms with E-state index in [1.54, 1.807) is 20.8 Å². The lowest BCUT2D eigenvalue weighted by atomic mass is 10.1. The molecule has 0 spiro atoms. The molecule has 1 aliphatic heterocycles. The van der Waals surface area contributed by atoms with Crippen molar-refractivity contribution in [3.8, 4) is 0 Å². The summed E-state index contributed by atoms with van der Waals surface area (Å²) in [6.45, 7) is 6.16. The molecule has 1 saturated heterocycles. The Labute approximate surface area is 115 Å². The van der Waals surface area contributed by atoms with E-state index in [0.717, 1.165) is 12.3 Å². The zero-order valence-corrected chi connectivity index (χ0v) is 11.6. The number of nitrogens with zero attached hydrogens (tertiary/aromatic N) is 2. The molecule has 20 heavy (non-hydrogen) atoms. The third-order valence-corrected chi connectivity index (χ3v) is 2.68. The minimum Gasteiger partial charge on any atom is -0.444 e. The zero-order chi connectivity index (χ0) is 14.9. The summed E-state index contributed by atoms with van der Waals surface area (Å²) < 4.78 is 31.3. The molecule has 0 radical (unpaired) electrons. The summed E-state index contributed by atoms with van der Waals surface area (Å²) >= 11 is 0. The van der Waals surface area contributed by atoms with Gasteiger partial charge >= 0.3 is 6.09 Å². The SMILES string of the molecule is CC(C)(C)OC(=O)N1CC(Nc2ncc(F)cc2F)C1. The van der Waals surface area contributed by atoms with Crippen molar-refractivity contribution in [1.82, 2.24) is 9.88 Å². The quantitative estimate of drug-likeness (QED) is 0.906. The van der Waals surface area contributed by atoms with Crippen molar-refractivity contribution in [2.24, 2.45) is 0 Å². The summed E-state index contributed by atoms with van der Waals surface area (Å²) in [5, 5.41) is 2.82. The van der Waals surface area contributed by atoms with E-state index < -0.39 is 23.3 Å². The van der Waals surface area contributed by atoms with Gasteiger partial charge < -0.3 is 15.0 Å². The van der Waals surface area contributed by atoms with E-state index in [-0.39, 0.29) is 11.9 Å². The van der Waals surface area contributed by atoms with Gasteiger partial charge in [0.15, 0.2) is 11.6 Å². The minimum atomic E-state index is -0.749. The van der Waals surface area contributed by atoms with Crippen molar-refractivity contribution in [3.63, 3.8) is 0 Å². The predicted molar refractivity (Wildman–Crippen MR) is 69.4 cm³/mol. The van der Waals surface area contributed by atoms with Crippen LogP contribution in [0.15, 0.2) is 12.3 Å². The molecule has 1 aliphatic rings. The van der Waals surface area contributed by atoms with E-state index >= 15 is 0 Å². The second-order valence-electron chi connectivity index (χ2n) is 5.71. The molecule has 1 fully saturated rings. The molecule has 0 bridgehead atoms. The molecular weight excluding hydrogens is 268 g/mol. The van der Waals surface area contributed by atoms with E-state index in [0.29, 0.717) is 13.1 Å². The zero-order valence-electron chi connectivity index (χ0n) is 11.6. The third kappa shape index (κ3) is 3.55. The number of aromatic nitrogens is 1. The van der Waals surface area contributed by atoms with E-state index in [2.05, 4.69) is 10.3 Å². The number of hydrogen-bond acceptors (Lipinski definition) is 4. The van der Waals surface area contributed by atoms with E-state index in [1.807, 2.05) is 0 Å². The van der Waals surface area contributed by atoms with Crippen molar-refractivity contribution in [2.45, 2.75) is 32.4 Å². The average Bonchev–Trinajstić information content (AvgIpc) is 2.22. The number of carbonyl (C=O) groups excluding carboxylic acids is 1. The number of amides is 1. The van der Waals surface area contributed by atoms with Crippen molar-refractivity contribution in [1.29, 1.82) is 0 Å². The van der Waals surface area contributed by atoms with Gasteiger partial charge in [-0.3, -0.25) is 0 Å². The molecule has 1 N–H and O–H groups in total. The van der Waals surface area contributed by atoms with Crippen LogP contribution >= 0.6 is 0 Å². The number of nitrogens with one attached hydrogen (secondary N) is 1. The Kier molecular flexibility index (Phi) is 3.78. The van der Waals surface area contributed by atoms with Crippen molar-refractivity contribution in [2.75, 3.05) is 18.4 Å². The Morgan fingerprint density at radius 2 is 2.10 bits per heavy atom. The first-order valence-corrected chi connectivity index (χ1v) is 6.30. The van der Waals surface area contributed by atoms with Crippen molar-refractivity contribution >= 4 is 11.9 Å². The van der Waals surface area contributed by atoms with Gasteiger partial charge in [0.2, 0.25) is 0 Å². The summed E-state index contributed by atoms with van der Waals surface area (Å²) in [4.78, 5) is 16.8. The van der Waals surface area contributed by atoms with Gasteiger partial charge in [0, 0.05) is 19.2 Å². The molecule has 1 aromatic heterocycles. The summed E-state index contributed by atoms with van der Waals surface area (Å²) in [7, 11) is 0. The highest BCUT2D eigenvalue weighted by Crippen LogP contribution is 2.19. The normalized spacial score (nSPS) is 15.8. The van der Waals surface area contributed by atoms with Crippen LogP contribution in [0.3, 0.4) is 0 Å². The number of rotatable bonds is 2. The van der Waals surface area contributed by atoms with Crippen LogP contribution in [0, 0.1) is 11.6 Å². The highest BCUT2D eigenvalue weighted by atomic mass is 19.1. The first-order valence-electron chi connectivity index (χ1n) is 6.30. The Hall–Kier alpha value is -1.92. The van der Waals surface area contributed by atoms with Gasteiger partial charge in [-0.15, -0.1) is 0 Å². The summed E-state index contributed by atoms with van der Waals surface area (Å²) in [6.07, 6.45) is 0.540. The van der Waals surface area contributed by atoms with Crippen molar-refractivity contribution < 1.29 is 18.3 Å². The van der Waals surface area contributed by atoms with Crippen LogP contribution in [-0.2, 0) is 4.74 Å². The highest BCUT2D eigenvalue weighted by molar-refractivity contribution is 5.69. The van der Waals surface area contributed by atoms with Gasteiger partial charge in [-0.25, -0.2) is 18.6 Å². The van der Waals surface area contributed by atoms with E-state index in [4.69, 9.17) is 4.74 Å². The number of pyridine rings is 1. The largest absolute Gasteiger partial charge is 0.444 e. The maximum atomic E-state index is 13.4. The molecular formula is C13H17F2N3O2. The van der Waals surface area contributed by atoms with Crippen LogP contribution < -0.4 is 5.32 Å². The molecule has 1 aromatic rings. The van der Waals surface area contributed by atoms with Gasteiger partial charge in [-0.2, -0.15) is 0 Å². The second kappa shape index (κ2) is 5.22. The van der Waals surface area contributed by atoms with Crippen LogP contribution in [0.4, 0.5) is 19.4 Å². The van der Waals surface area contributed by atoms with E-state index in [9.17, 15) is 13.6 Å². The monoisotopic (exact) mass is 285 g/mol. The summed E-state index contributed by atoms with van der Waals surface area (Å²) in [5.41, 5.74) is -0.541. The van der Waals surface area contributed by atoms with E-state index in [1.165, 1.54) is 4.90 Å². The van der Waals surface area contributed by atoms with Crippen LogP contribution in [0.25, 0.3) is 0 Å². The lowest BCUT2D eigenvalue weighted by Crippen LogP contribution is -2.58. The molecule has 5 nitrogen and oxygen atoms in total. The maximum Gasteiger partial charge on any atom is 0.410 e. The fraction of sp³-hybridized carbons (Fsp3) is 0.538. The van der Waals surface area contributed by atoms with Crippen LogP contribution in [0.1, 0.15) is 20.8 Å². The van der Waals surface area contributed by atoms with Crippen LogP contribution in [-0.4, -0.2) is 40.7 Å². The number of hydrogen-bond donors (Lipinski definition) is 1. The highest BCUT2D eigenvalue weighted by Gasteiger charge is 2.34. The summed E-state index contributed by atoms with van der Waals surface area (Å²) in [5.74, 6) is -1.49. The number of halogens is 2. The first-order chi connectivity index (χ1) is 9.24. The molecule has 2 rings (SSSR count). The molecule has 0 atom stereocenters. The molecule has 7 heteroatoms.